The fraction of sp³-hybridized carbons (Fsp3) is 0.125. The number of rotatable bonds is 5. The Bertz CT molecular complexity index is 1580. The molecule has 0 bridgehead atoms. The fourth-order valence-electron chi connectivity index (χ4n) is 4.76. The predicted octanol–water partition coefficient (Wildman–Crippen LogP) is 7.66. The van der Waals surface area contributed by atoms with Crippen LogP contribution in [0.1, 0.15) is 5.56 Å². The van der Waals surface area contributed by atoms with Gasteiger partial charge >= 0.3 is 0 Å². The van der Waals surface area contributed by atoms with Crippen LogP contribution in [0.3, 0.4) is 0 Å². The van der Waals surface area contributed by atoms with Gasteiger partial charge in [-0.05, 0) is 36.4 Å². The predicted molar refractivity (Wildman–Crippen MR) is 156 cm³/mol. The maximum atomic E-state index is 14.4. The zero-order valence-corrected chi connectivity index (χ0v) is 22.0. The van der Waals surface area contributed by atoms with Crippen LogP contribution in [-0.4, -0.2) is 41.9 Å². The number of thiazole rings is 1. The number of piperazine rings is 1. The average Bonchev–Trinajstić information content (AvgIpc) is 3.41. The van der Waals surface area contributed by atoms with Gasteiger partial charge in [0.25, 0.3) is 0 Å². The smallest absolute Gasteiger partial charge is 0.146 e. The van der Waals surface area contributed by atoms with Crippen molar-refractivity contribution in [1.29, 1.82) is 0 Å². The monoisotopic (exact) mass is 536 g/mol. The molecule has 0 atom stereocenters. The lowest BCUT2D eigenvalue weighted by Crippen LogP contribution is -2.49. The molecule has 0 unspecified atom stereocenters. The van der Waals surface area contributed by atoms with Gasteiger partial charge in [0.2, 0.25) is 0 Å². The van der Waals surface area contributed by atoms with E-state index in [1.807, 2.05) is 60.7 Å². The molecule has 0 spiro atoms. The highest BCUT2D eigenvalue weighted by atomic mass is 32.1. The Morgan fingerprint density at radius 1 is 0.692 bits per heavy atom. The van der Waals surface area contributed by atoms with Gasteiger partial charge in [-0.1, -0.05) is 84.1 Å². The second-order valence-corrected chi connectivity index (χ2v) is 10.3. The molecule has 7 heteroatoms. The number of hydrogen-bond donors (Lipinski definition) is 0. The van der Waals surface area contributed by atoms with Crippen LogP contribution in [0.25, 0.3) is 21.8 Å². The third kappa shape index (κ3) is 5.45. The van der Waals surface area contributed by atoms with E-state index >= 15 is 0 Å². The Kier molecular flexibility index (Phi) is 7.15. The second-order valence-electron chi connectivity index (χ2n) is 9.27. The van der Waals surface area contributed by atoms with Gasteiger partial charge < -0.3 is 9.80 Å². The first-order valence-electron chi connectivity index (χ1n) is 12.9. The maximum absolute atomic E-state index is 14.4. The van der Waals surface area contributed by atoms with Gasteiger partial charge in [0.1, 0.15) is 33.2 Å². The Morgan fingerprint density at radius 3 is 2.03 bits per heavy atom. The average molecular weight is 537 g/mol. The van der Waals surface area contributed by atoms with E-state index in [-0.39, 0.29) is 11.6 Å². The minimum Gasteiger partial charge on any atom is -0.366 e. The summed E-state index contributed by atoms with van der Waals surface area (Å²) in [5.41, 5.74) is 4.25. The highest BCUT2D eigenvalue weighted by Gasteiger charge is 2.24. The first kappa shape index (κ1) is 24.9. The van der Waals surface area contributed by atoms with Gasteiger partial charge in [-0.25, -0.2) is 18.8 Å². The summed E-state index contributed by atoms with van der Waals surface area (Å²) in [5, 5.41) is 1.57. The maximum Gasteiger partial charge on any atom is 0.146 e. The van der Waals surface area contributed by atoms with Gasteiger partial charge in [-0.3, -0.25) is 0 Å². The number of amidine groups is 1. The summed E-state index contributed by atoms with van der Waals surface area (Å²) in [5.74, 6) is 0.376. The topological polar surface area (TPSA) is 31.7 Å². The summed E-state index contributed by atoms with van der Waals surface area (Å²) in [6.45, 7) is 2.77. The molecule has 2 heterocycles. The van der Waals surface area contributed by atoms with E-state index in [1.165, 1.54) is 29.5 Å². The summed E-state index contributed by atoms with van der Waals surface area (Å²) in [6.07, 6.45) is 0. The highest BCUT2D eigenvalue weighted by molar-refractivity contribution is 7.19. The van der Waals surface area contributed by atoms with Crippen molar-refractivity contribution in [3.63, 3.8) is 0 Å². The van der Waals surface area contributed by atoms with Crippen molar-refractivity contribution in [2.24, 2.45) is 4.99 Å². The first-order chi connectivity index (χ1) is 19.2. The summed E-state index contributed by atoms with van der Waals surface area (Å²) >= 11 is 1.49. The van der Waals surface area contributed by atoms with E-state index in [1.54, 1.807) is 18.2 Å². The van der Waals surface area contributed by atoms with Gasteiger partial charge in [0.15, 0.2) is 0 Å². The molecule has 1 aliphatic rings. The molecule has 0 amide bonds. The number of anilines is 1. The molecule has 1 saturated heterocycles. The van der Waals surface area contributed by atoms with E-state index in [9.17, 15) is 8.78 Å². The quantitative estimate of drug-likeness (QED) is 0.171. The standard InChI is InChI=1S/C32H26F2N4S/c33-26-17-15-25(16-18-26)31-35-29(23-9-3-1-4-10-23)32(39-31)36-30(24-11-5-2-6-12-24)38-21-19-37(20-22-38)28-14-8-7-13-27(28)34/h1-18H,19-22H2. The third-order valence-electron chi connectivity index (χ3n) is 6.76. The van der Waals surface area contributed by atoms with Crippen LogP contribution in [0.5, 0.6) is 0 Å². The van der Waals surface area contributed by atoms with E-state index in [2.05, 4.69) is 21.9 Å². The summed E-state index contributed by atoms with van der Waals surface area (Å²) in [4.78, 5) is 14.5. The summed E-state index contributed by atoms with van der Waals surface area (Å²) in [7, 11) is 0. The molecule has 4 nitrogen and oxygen atoms in total. The van der Waals surface area contributed by atoms with Crippen molar-refractivity contribution in [1.82, 2.24) is 9.88 Å². The molecular formula is C32H26F2N4S. The molecule has 0 radical (unpaired) electrons. The fourth-order valence-corrected chi connectivity index (χ4v) is 5.72. The van der Waals surface area contributed by atoms with Gasteiger partial charge in [0.05, 0.1) is 5.69 Å². The number of aromatic nitrogens is 1. The number of halogens is 2. The molecule has 1 fully saturated rings. The van der Waals surface area contributed by atoms with Crippen molar-refractivity contribution < 1.29 is 8.78 Å². The lowest BCUT2D eigenvalue weighted by molar-refractivity contribution is 0.384. The molecule has 1 aromatic heterocycles. The highest BCUT2D eigenvalue weighted by Crippen LogP contribution is 2.40. The van der Waals surface area contributed by atoms with Crippen LogP contribution in [0, 0.1) is 11.6 Å². The van der Waals surface area contributed by atoms with Crippen LogP contribution >= 0.6 is 11.3 Å². The second kappa shape index (κ2) is 11.2. The van der Waals surface area contributed by atoms with E-state index in [0.717, 1.165) is 38.2 Å². The molecule has 0 N–H and O–H groups in total. The number of hydrogen-bond acceptors (Lipinski definition) is 4. The third-order valence-corrected chi connectivity index (χ3v) is 7.76. The lowest BCUT2D eigenvalue weighted by atomic mass is 10.1. The van der Waals surface area contributed by atoms with Crippen LogP contribution in [-0.2, 0) is 0 Å². The zero-order valence-electron chi connectivity index (χ0n) is 21.2. The van der Waals surface area contributed by atoms with Gasteiger partial charge in [0, 0.05) is 42.9 Å². The molecule has 0 saturated carbocycles. The van der Waals surface area contributed by atoms with Crippen LogP contribution < -0.4 is 4.90 Å². The van der Waals surface area contributed by atoms with Crippen molar-refractivity contribution in [3.8, 4) is 21.8 Å². The van der Waals surface area contributed by atoms with Gasteiger partial charge in [-0.15, -0.1) is 0 Å². The summed E-state index contributed by atoms with van der Waals surface area (Å²) in [6, 6.07) is 33.5. The number of benzene rings is 4. The van der Waals surface area contributed by atoms with Crippen LogP contribution in [0.4, 0.5) is 19.5 Å². The number of para-hydroxylation sites is 1. The van der Waals surface area contributed by atoms with Crippen LogP contribution in [0.2, 0.25) is 0 Å². The molecular weight excluding hydrogens is 510 g/mol. The molecule has 39 heavy (non-hydrogen) atoms. The minimum atomic E-state index is -0.280. The van der Waals surface area contributed by atoms with Crippen molar-refractivity contribution in [2.45, 2.75) is 0 Å². The Hall–Kier alpha value is -4.36. The Morgan fingerprint density at radius 2 is 1.33 bits per heavy atom. The molecule has 4 aromatic carbocycles. The number of nitrogens with zero attached hydrogens (tertiary/aromatic N) is 4. The Labute approximate surface area is 230 Å². The summed E-state index contributed by atoms with van der Waals surface area (Å²) < 4.78 is 28.1. The molecule has 194 valence electrons. The van der Waals surface area contributed by atoms with Crippen LogP contribution in [0.15, 0.2) is 114 Å². The SMILES string of the molecule is Fc1ccc(-c2nc(-c3ccccc3)c(N=C(c3ccccc3)N3CCN(c4ccccc4F)CC3)s2)cc1. The molecule has 5 aromatic rings. The minimum absolute atomic E-state index is 0.201. The van der Waals surface area contributed by atoms with Gasteiger partial charge in [-0.2, -0.15) is 0 Å². The molecule has 1 aliphatic heterocycles. The molecule has 0 aliphatic carbocycles. The Balaban J connectivity index is 1.39. The van der Waals surface area contributed by atoms with E-state index < -0.39 is 0 Å². The van der Waals surface area contributed by atoms with E-state index in [0.29, 0.717) is 31.9 Å². The van der Waals surface area contributed by atoms with Crippen molar-refractivity contribution in [3.05, 3.63) is 126 Å². The normalized spacial score (nSPS) is 14.1. The molecule has 6 rings (SSSR count). The van der Waals surface area contributed by atoms with E-state index in [4.69, 9.17) is 9.98 Å². The first-order valence-corrected chi connectivity index (χ1v) is 13.7. The number of aliphatic imine (C=N–C) groups is 1. The van der Waals surface area contributed by atoms with Crippen molar-refractivity contribution >= 4 is 27.9 Å². The zero-order chi connectivity index (χ0) is 26.6. The largest absolute Gasteiger partial charge is 0.366 e. The lowest BCUT2D eigenvalue weighted by Gasteiger charge is -2.38. The van der Waals surface area contributed by atoms with Crippen molar-refractivity contribution in [2.75, 3.05) is 31.1 Å².